The number of nitrogens with one attached hydrogen (secondary N) is 2. The molecule has 2 amide bonds. The van der Waals surface area contributed by atoms with E-state index < -0.39 is 0 Å². The summed E-state index contributed by atoms with van der Waals surface area (Å²) in [5, 5.41) is 1.75. The lowest BCUT2D eigenvalue weighted by Gasteiger charge is -2.35. The molecule has 0 radical (unpaired) electrons. The third-order valence-electron chi connectivity index (χ3n) is 8.29. The van der Waals surface area contributed by atoms with Gasteiger partial charge in [-0.2, -0.15) is 0 Å². The van der Waals surface area contributed by atoms with E-state index in [1.165, 1.54) is 16.0 Å². The molecule has 2 aliphatic heterocycles. The first-order valence-corrected chi connectivity index (χ1v) is 13.9. The van der Waals surface area contributed by atoms with Crippen molar-refractivity contribution in [1.82, 2.24) is 4.90 Å². The molecule has 0 atom stereocenters. The molecule has 5 nitrogen and oxygen atoms in total. The van der Waals surface area contributed by atoms with Gasteiger partial charge in [0.2, 0.25) is 0 Å². The molecule has 2 aliphatic rings. The van der Waals surface area contributed by atoms with E-state index in [4.69, 9.17) is 0 Å². The summed E-state index contributed by atoms with van der Waals surface area (Å²) >= 11 is 0. The van der Waals surface area contributed by atoms with Gasteiger partial charge in [-0.15, -0.1) is 0 Å². The Bertz CT molecular complexity index is 1350. The summed E-state index contributed by atoms with van der Waals surface area (Å²) in [5.41, 5.74) is 4.05. The number of carbonyl (C=O) groups is 2. The second kappa shape index (κ2) is 13.4. The molecule has 1 saturated heterocycles. The number of hydrogen-bond donors (Lipinski definition) is 2. The number of quaternary nitrogens is 2. The van der Waals surface area contributed by atoms with Crippen molar-refractivity contribution < 1.29 is 44.2 Å². The van der Waals surface area contributed by atoms with Crippen LogP contribution in [-0.4, -0.2) is 56.0 Å². The van der Waals surface area contributed by atoms with E-state index >= 15 is 0 Å². The van der Waals surface area contributed by atoms with Crippen molar-refractivity contribution in [2.24, 2.45) is 0 Å². The zero-order valence-corrected chi connectivity index (χ0v) is 24.0. The Morgan fingerprint density at radius 3 is 1.68 bits per heavy atom. The SMILES string of the molecule is O=C1c2cccc3cccc(c23)C(=O)N1CCCC[NH+]1CC[NH+](C(c2ccccc2)c2ccccc2)CC1.[Cl-].[Cl-]. The number of piperazine rings is 1. The molecule has 4 aromatic carbocycles. The number of hydrogen-bond acceptors (Lipinski definition) is 2. The van der Waals surface area contributed by atoms with Gasteiger partial charge in [0, 0.05) is 34.2 Å². The Labute approximate surface area is 248 Å². The topological polar surface area (TPSA) is 46.3 Å². The summed E-state index contributed by atoms with van der Waals surface area (Å²) in [4.78, 5) is 31.0. The number of halogens is 2. The van der Waals surface area contributed by atoms with Crippen molar-refractivity contribution in [1.29, 1.82) is 0 Å². The third kappa shape index (κ3) is 5.93. The maximum absolute atomic E-state index is 13.1. The van der Waals surface area contributed by atoms with Crippen molar-refractivity contribution in [2.45, 2.75) is 18.9 Å². The second-order valence-electron chi connectivity index (χ2n) is 10.6. The minimum Gasteiger partial charge on any atom is -1.00 e. The third-order valence-corrected chi connectivity index (χ3v) is 8.29. The van der Waals surface area contributed by atoms with Gasteiger partial charge in [0.25, 0.3) is 11.8 Å². The van der Waals surface area contributed by atoms with Gasteiger partial charge in [0.15, 0.2) is 0 Å². The molecule has 7 heteroatoms. The summed E-state index contributed by atoms with van der Waals surface area (Å²) in [6.45, 7) is 6.11. The number of benzene rings is 4. The number of carbonyl (C=O) groups excluding carboxylic acids is 2. The van der Waals surface area contributed by atoms with Crippen LogP contribution in [0, 0.1) is 0 Å². The molecule has 0 bridgehead atoms. The van der Waals surface area contributed by atoms with Gasteiger partial charge in [-0.1, -0.05) is 84.9 Å². The molecular formula is C33H35Cl2N3O2. The van der Waals surface area contributed by atoms with Gasteiger partial charge >= 0.3 is 0 Å². The highest BCUT2D eigenvalue weighted by molar-refractivity contribution is 6.25. The van der Waals surface area contributed by atoms with Crippen LogP contribution >= 0.6 is 0 Å². The molecule has 6 rings (SSSR count). The predicted molar refractivity (Wildman–Crippen MR) is 150 cm³/mol. The minimum atomic E-state index is -0.156. The zero-order chi connectivity index (χ0) is 25.9. The Morgan fingerprint density at radius 2 is 1.15 bits per heavy atom. The van der Waals surface area contributed by atoms with Crippen molar-refractivity contribution in [3.05, 3.63) is 119 Å². The van der Waals surface area contributed by atoms with Gasteiger partial charge in [-0.3, -0.25) is 14.5 Å². The van der Waals surface area contributed by atoms with Crippen LogP contribution in [0.15, 0.2) is 97.1 Å². The zero-order valence-electron chi connectivity index (χ0n) is 22.5. The van der Waals surface area contributed by atoms with Crippen LogP contribution in [0.25, 0.3) is 10.8 Å². The van der Waals surface area contributed by atoms with Crippen molar-refractivity contribution >= 4 is 22.6 Å². The Morgan fingerprint density at radius 1 is 0.625 bits per heavy atom. The molecule has 0 saturated carbocycles. The predicted octanol–water partition coefficient (Wildman–Crippen LogP) is -3.20. The lowest BCUT2D eigenvalue weighted by Crippen LogP contribution is -3.28. The van der Waals surface area contributed by atoms with E-state index in [0.29, 0.717) is 23.7 Å². The van der Waals surface area contributed by atoms with Crippen LogP contribution in [0.1, 0.15) is 50.7 Å². The first-order chi connectivity index (χ1) is 18.7. The highest BCUT2D eigenvalue weighted by atomic mass is 35.5. The molecule has 0 spiro atoms. The van der Waals surface area contributed by atoms with E-state index in [-0.39, 0.29) is 36.6 Å². The monoisotopic (exact) mass is 575 g/mol. The number of imide groups is 1. The van der Waals surface area contributed by atoms with Crippen molar-refractivity contribution in [2.75, 3.05) is 39.3 Å². The highest BCUT2D eigenvalue weighted by Gasteiger charge is 2.33. The molecule has 4 aromatic rings. The quantitative estimate of drug-likeness (QED) is 0.172. The average Bonchev–Trinajstić information content (AvgIpc) is 2.97. The number of nitrogens with zero attached hydrogens (tertiary/aromatic N) is 1. The summed E-state index contributed by atoms with van der Waals surface area (Å²) in [6.07, 6.45) is 1.85. The summed E-state index contributed by atoms with van der Waals surface area (Å²) in [5.74, 6) is -0.312. The van der Waals surface area contributed by atoms with Crippen molar-refractivity contribution in [3.8, 4) is 0 Å². The van der Waals surface area contributed by atoms with Gasteiger partial charge in [-0.25, -0.2) is 0 Å². The minimum absolute atomic E-state index is 0. The normalized spacial score (nSPS) is 18.4. The summed E-state index contributed by atoms with van der Waals surface area (Å²) in [7, 11) is 0. The number of unbranched alkanes of at least 4 members (excludes halogenated alkanes) is 1. The first kappa shape index (κ1) is 29.8. The molecule has 208 valence electrons. The van der Waals surface area contributed by atoms with Crippen LogP contribution in [0.5, 0.6) is 0 Å². The van der Waals surface area contributed by atoms with Gasteiger partial charge in [0.1, 0.15) is 32.2 Å². The molecule has 0 unspecified atom stereocenters. The van der Waals surface area contributed by atoms with E-state index in [2.05, 4.69) is 60.7 Å². The van der Waals surface area contributed by atoms with E-state index in [0.717, 1.165) is 56.3 Å². The van der Waals surface area contributed by atoms with Crippen LogP contribution in [-0.2, 0) is 0 Å². The lowest BCUT2D eigenvalue weighted by atomic mass is 9.94. The fourth-order valence-corrected chi connectivity index (χ4v) is 6.35. The van der Waals surface area contributed by atoms with Gasteiger partial charge in [0.05, 0.1) is 6.54 Å². The standard InChI is InChI=1S/C33H33N3O2.2ClH/c37-32-28-17-9-15-25-16-10-18-29(30(25)28)33(38)36(32)20-8-7-19-34-21-23-35(24-22-34)31(26-11-3-1-4-12-26)27-13-5-2-6-14-27;;/h1-6,9-18,31H,7-8,19-24H2;2*1H. The van der Waals surface area contributed by atoms with E-state index in [9.17, 15) is 9.59 Å². The molecule has 0 aliphatic carbocycles. The Hall–Kier alpha value is -3.22. The summed E-state index contributed by atoms with van der Waals surface area (Å²) in [6, 6.07) is 33.6. The maximum atomic E-state index is 13.1. The fraction of sp³-hybridized carbons (Fsp3) is 0.273. The van der Waals surface area contributed by atoms with E-state index in [1.807, 2.05) is 36.4 Å². The molecular weight excluding hydrogens is 541 g/mol. The molecule has 2 heterocycles. The van der Waals surface area contributed by atoms with Crippen molar-refractivity contribution in [3.63, 3.8) is 0 Å². The Balaban J connectivity index is 0.00000185. The maximum Gasteiger partial charge on any atom is 0.261 e. The van der Waals surface area contributed by atoms with E-state index in [1.54, 1.807) is 9.80 Å². The highest BCUT2D eigenvalue weighted by Crippen LogP contribution is 2.30. The van der Waals surface area contributed by atoms with Crippen LogP contribution in [0.2, 0.25) is 0 Å². The van der Waals surface area contributed by atoms with Crippen LogP contribution < -0.4 is 34.6 Å². The fourth-order valence-electron chi connectivity index (χ4n) is 6.35. The summed E-state index contributed by atoms with van der Waals surface area (Å²) < 4.78 is 0. The Kier molecular flexibility index (Phi) is 9.99. The average molecular weight is 577 g/mol. The lowest BCUT2D eigenvalue weighted by molar-refractivity contribution is -1.02. The number of rotatable bonds is 8. The van der Waals surface area contributed by atoms with Crippen LogP contribution in [0.3, 0.4) is 0 Å². The molecule has 1 fully saturated rings. The first-order valence-electron chi connectivity index (χ1n) is 13.9. The van der Waals surface area contributed by atoms with Gasteiger partial charge in [-0.05, 0) is 30.4 Å². The largest absolute Gasteiger partial charge is 1.00 e. The van der Waals surface area contributed by atoms with Gasteiger partial charge < -0.3 is 34.6 Å². The molecule has 0 aromatic heterocycles. The molecule has 40 heavy (non-hydrogen) atoms. The van der Waals surface area contributed by atoms with Crippen LogP contribution in [0.4, 0.5) is 0 Å². The second-order valence-corrected chi connectivity index (χ2v) is 10.6. The molecule has 2 N–H and O–H groups in total. The smallest absolute Gasteiger partial charge is 0.261 e. The number of amides is 2.